The quantitative estimate of drug-likeness (QED) is 0.846. The van der Waals surface area contributed by atoms with E-state index in [0.717, 1.165) is 24.0 Å². The summed E-state index contributed by atoms with van der Waals surface area (Å²) in [5, 5.41) is 4.12. The maximum atomic E-state index is 5.34. The molecule has 0 atom stereocenters. The average Bonchev–Trinajstić information content (AvgIpc) is 2.88. The third-order valence-electron chi connectivity index (χ3n) is 2.59. The zero-order chi connectivity index (χ0) is 13.5. The summed E-state index contributed by atoms with van der Waals surface area (Å²) in [6.45, 7) is 4.25. The first-order chi connectivity index (χ1) is 9.31. The molecule has 19 heavy (non-hydrogen) atoms. The number of rotatable bonds is 7. The van der Waals surface area contributed by atoms with Crippen molar-refractivity contribution < 1.29 is 9.47 Å². The molecule has 5 heteroatoms. The van der Waals surface area contributed by atoms with Crippen LogP contribution in [0, 0.1) is 0 Å². The van der Waals surface area contributed by atoms with Gasteiger partial charge in [-0.1, -0.05) is 23.5 Å². The maximum absolute atomic E-state index is 5.34. The van der Waals surface area contributed by atoms with Gasteiger partial charge in [0.1, 0.15) is 5.75 Å². The molecule has 1 aromatic heterocycles. The van der Waals surface area contributed by atoms with Crippen LogP contribution >= 0.6 is 11.3 Å². The molecule has 0 saturated carbocycles. The predicted octanol–water partition coefficient (Wildman–Crippen LogP) is 2.84. The Balaban J connectivity index is 1.78. The van der Waals surface area contributed by atoms with Crippen LogP contribution in [0.2, 0.25) is 0 Å². The second-order valence-electron chi connectivity index (χ2n) is 3.98. The minimum Gasteiger partial charge on any atom is -0.497 e. The summed E-state index contributed by atoms with van der Waals surface area (Å²) in [7, 11) is 1.67. The summed E-state index contributed by atoms with van der Waals surface area (Å²) in [6, 6.07) is 8.06. The van der Waals surface area contributed by atoms with Gasteiger partial charge in [-0.25, -0.2) is 4.98 Å². The molecule has 1 aromatic carbocycles. The van der Waals surface area contributed by atoms with Gasteiger partial charge in [-0.3, -0.25) is 0 Å². The average molecular weight is 278 g/mol. The Morgan fingerprint density at radius 3 is 2.68 bits per heavy atom. The van der Waals surface area contributed by atoms with Crippen LogP contribution in [0.1, 0.15) is 17.4 Å². The normalized spacial score (nSPS) is 10.4. The molecule has 0 bridgehead atoms. The molecular weight excluding hydrogens is 260 g/mol. The van der Waals surface area contributed by atoms with Gasteiger partial charge >= 0.3 is 0 Å². The molecule has 0 spiro atoms. The van der Waals surface area contributed by atoms with Crippen molar-refractivity contribution in [3.63, 3.8) is 0 Å². The molecule has 102 valence electrons. The van der Waals surface area contributed by atoms with E-state index in [0.29, 0.717) is 6.61 Å². The highest BCUT2D eigenvalue weighted by Crippen LogP contribution is 2.20. The molecule has 0 unspecified atom stereocenters. The Bertz CT molecular complexity index is 496. The fraction of sp³-hybridized carbons (Fsp3) is 0.357. The first kappa shape index (κ1) is 13.8. The van der Waals surface area contributed by atoms with E-state index in [1.54, 1.807) is 18.4 Å². The van der Waals surface area contributed by atoms with Gasteiger partial charge in [-0.2, -0.15) is 0 Å². The standard InChI is InChI=1S/C14H18N2O2S/c1-3-18-14-16-10-13(19-14)9-15-8-11-4-6-12(17-2)7-5-11/h4-7,10,15H,3,8-9H2,1-2H3. The Kier molecular flexibility index (Phi) is 5.18. The van der Waals surface area contributed by atoms with Gasteiger partial charge in [-0.15, -0.1) is 0 Å². The van der Waals surface area contributed by atoms with Crippen molar-refractivity contribution >= 4 is 11.3 Å². The molecule has 1 heterocycles. The van der Waals surface area contributed by atoms with E-state index in [-0.39, 0.29) is 0 Å². The van der Waals surface area contributed by atoms with E-state index in [2.05, 4.69) is 22.4 Å². The van der Waals surface area contributed by atoms with Crippen molar-refractivity contribution in [3.05, 3.63) is 40.9 Å². The molecule has 2 rings (SSSR count). The summed E-state index contributed by atoms with van der Waals surface area (Å²) < 4.78 is 10.5. The number of ether oxygens (including phenoxy) is 2. The van der Waals surface area contributed by atoms with Crippen LogP contribution in [0.3, 0.4) is 0 Å². The van der Waals surface area contributed by atoms with Crippen molar-refractivity contribution in [1.82, 2.24) is 10.3 Å². The molecule has 4 nitrogen and oxygen atoms in total. The number of thiazole rings is 1. The van der Waals surface area contributed by atoms with Crippen LogP contribution in [0.5, 0.6) is 10.9 Å². The SMILES string of the molecule is CCOc1ncc(CNCc2ccc(OC)cc2)s1. The molecule has 0 saturated heterocycles. The van der Waals surface area contributed by atoms with E-state index in [1.807, 2.05) is 25.3 Å². The molecule has 0 fully saturated rings. The lowest BCUT2D eigenvalue weighted by atomic mass is 10.2. The van der Waals surface area contributed by atoms with Gasteiger partial charge in [-0.05, 0) is 24.6 Å². The summed E-state index contributed by atoms with van der Waals surface area (Å²) in [5.41, 5.74) is 1.23. The number of methoxy groups -OCH3 is 1. The van der Waals surface area contributed by atoms with Crippen molar-refractivity contribution in [1.29, 1.82) is 0 Å². The van der Waals surface area contributed by atoms with Gasteiger partial charge in [0.05, 0.1) is 13.7 Å². The molecule has 1 N–H and O–H groups in total. The third-order valence-corrected chi connectivity index (χ3v) is 3.50. The highest BCUT2D eigenvalue weighted by Gasteiger charge is 2.02. The van der Waals surface area contributed by atoms with Crippen LogP contribution in [0.4, 0.5) is 0 Å². The summed E-state index contributed by atoms with van der Waals surface area (Å²) in [4.78, 5) is 5.37. The monoisotopic (exact) mass is 278 g/mol. The third kappa shape index (κ3) is 4.22. The van der Waals surface area contributed by atoms with E-state index >= 15 is 0 Å². The van der Waals surface area contributed by atoms with E-state index in [9.17, 15) is 0 Å². The molecule has 0 aliphatic rings. The van der Waals surface area contributed by atoms with Crippen molar-refractivity contribution in [3.8, 4) is 10.9 Å². The van der Waals surface area contributed by atoms with Gasteiger partial charge in [0, 0.05) is 24.2 Å². The Morgan fingerprint density at radius 1 is 1.21 bits per heavy atom. The number of aromatic nitrogens is 1. The minimum absolute atomic E-state index is 0.659. The Hall–Kier alpha value is -1.59. The molecule has 0 amide bonds. The second kappa shape index (κ2) is 7.11. The molecule has 2 aromatic rings. The highest BCUT2D eigenvalue weighted by molar-refractivity contribution is 7.13. The molecule has 0 aliphatic carbocycles. The van der Waals surface area contributed by atoms with Crippen molar-refractivity contribution in [2.75, 3.05) is 13.7 Å². The lowest BCUT2D eigenvalue weighted by molar-refractivity contribution is 0.338. The Labute approximate surface area is 117 Å². The summed E-state index contributed by atoms with van der Waals surface area (Å²) >= 11 is 1.58. The highest BCUT2D eigenvalue weighted by atomic mass is 32.1. The van der Waals surface area contributed by atoms with Crippen LogP contribution in [0.25, 0.3) is 0 Å². The summed E-state index contributed by atoms with van der Waals surface area (Å²) in [5.74, 6) is 0.882. The lowest BCUT2D eigenvalue weighted by Gasteiger charge is -2.04. The summed E-state index contributed by atoms with van der Waals surface area (Å²) in [6.07, 6.45) is 1.86. The van der Waals surface area contributed by atoms with E-state index < -0.39 is 0 Å². The minimum atomic E-state index is 0.659. The number of benzene rings is 1. The number of nitrogens with zero attached hydrogens (tertiary/aromatic N) is 1. The van der Waals surface area contributed by atoms with Crippen LogP contribution in [0.15, 0.2) is 30.5 Å². The predicted molar refractivity (Wildman–Crippen MR) is 76.8 cm³/mol. The Morgan fingerprint density at radius 2 is 2.00 bits per heavy atom. The van der Waals surface area contributed by atoms with Gasteiger partial charge in [0.2, 0.25) is 0 Å². The largest absolute Gasteiger partial charge is 0.497 e. The topological polar surface area (TPSA) is 43.4 Å². The van der Waals surface area contributed by atoms with Crippen molar-refractivity contribution in [2.24, 2.45) is 0 Å². The number of hydrogen-bond donors (Lipinski definition) is 1. The second-order valence-corrected chi connectivity index (χ2v) is 5.05. The lowest BCUT2D eigenvalue weighted by Crippen LogP contribution is -2.11. The zero-order valence-electron chi connectivity index (χ0n) is 11.2. The fourth-order valence-electron chi connectivity index (χ4n) is 1.63. The molecular formula is C14H18N2O2S. The van der Waals surface area contributed by atoms with Crippen LogP contribution in [-0.2, 0) is 13.1 Å². The van der Waals surface area contributed by atoms with Gasteiger partial charge in [0.15, 0.2) is 0 Å². The molecule has 0 radical (unpaired) electrons. The zero-order valence-corrected chi connectivity index (χ0v) is 12.0. The smallest absolute Gasteiger partial charge is 0.273 e. The number of nitrogens with one attached hydrogen (secondary N) is 1. The van der Waals surface area contributed by atoms with E-state index in [1.165, 1.54) is 10.4 Å². The van der Waals surface area contributed by atoms with Crippen LogP contribution in [-0.4, -0.2) is 18.7 Å². The van der Waals surface area contributed by atoms with E-state index in [4.69, 9.17) is 9.47 Å². The number of hydrogen-bond acceptors (Lipinski definition) is 5. The maximum Gasteiger partial charge on any atom is 0.273 e. The first-order valence-corrected chi connectivity index (χ1v) is 7.04. The van der Waals surface area contributed by atoms with Crippen molar-refractivity contribution in [2.45, 2.75) is 20.0 Å². The van der Waals surface area contributed by atoms with Gasteiger partial charge < -0.3 is 14.8 Å². The first-order valence-electron chi connectivity index (χ1n) is 6.23. The fourth-order valence-corrected chi connectivity index (χ4v) is 2.42. The van der Waals surface area contributed by atoms with Crippen LogP contribution < -0.4 is 14.8 Å². The molecule has 0 aliphatic heterocycles. The van der Waals surface area contributed by atoms with Gasteiger partial charge in [0.25, 0.3) is 5.19 Å².